The molecule has 182 valence electrons. The number of piperazine rings is 2. The van der Waals surface area contributed by atoms with E-state index in [-0.39, 0.29) is 11.9 Å². The summed E-state index contributed by atoms with van der Waals surface area (Å²) in [6.45, 7) is 11.9. The predicted octanol–water partition coefficient (Wildman–Crippen LogP) is 3.37. The number of pyridine rings is 1. The summed E-state index contributed by atoms with van der Waals surface area (Å²) in [5.74, 6) is -0.131. The molecule has 2 fully saturated rings. The fraction of sp³-hybridized carbons (Fsp3) is 0.500. The lowest BCUT2D eigenvalue weighted by atomic mass is 10.2. The molecule has 0 spiro atoms. The Bertz CT molecular complexity index is 990. The van der Waals surface area contributed by atoms with Gasteiger partial charge in [-0.05, 0) is 61.0 Å². The molecule has 1 amide bonds. The SMILES string of the molecule is CC(C)(C)OC(=O)N1CCN(c2ccc(N3CCN(c4ccc([N+](=O)[O-])nc4)CC3)cc2)CC1. The van der Waals surface area contributed by atoms with Gasteiger partial charge in [0.1, 0.15) is 5.60 Å². The third kappa shape index (κ3) is 5.67. The molecule has 0 N–H and O–H groups in total. The van der Waals surface area contributed by atoms with Crippen LogP contribution in [0.15, 0.2) is 42.6 Å². The van der Waals surface area contributed by atoms with Gasteiger partial charge in [0, 0.05) is 69.8 Å². The number of aromatic nitrogens is 1. The van der Waals surface area contributed by atoms with Crippen LogP contribution in [0.4, 0.5) is 27.7 Å². The number of benzene rings is 1. The molecule has 10 nitrogen and oxygen atoms in total. The van der Waals surface area contributed by atoms with Gasteiger partial charge in [-0.2, -0.15) is 0 Å². The fourth-order valence-electron chi connectivity index (χ4n) is 4.24. The van der Waals surface area contributed by atoms with Crippen molar-refractivity contribution in [2.24, 2.45) is 0 Å². The first kappa shape index (κ1) is 23.6. The zero-order valence-electron chi connectivity index (χ0n) is 20.0. The highest BCUT2D eigenvalue weighted by Crippen LogP contribution is 2.25. The third-order valence-electron chi connectivity index (χ3n) is 6.08. The summed E-state index contributed by atoms with van der Waals surface area (Å²) in [6, 6.07) is 11.8. The van der Waals surface area contributed by atoms with E-state index in [1.54, 1.807) is 17.2 Å². The van der Waals surface area contributed by atoms with Crippen molar-refractivity contribution < 1.29 is 14.5 Å². The summed E-state index contributed by atoms with van der Waals surface area (Å²) in [4.78, 5) is 35.1. The van der Waals surface area contributed by atoms with E-state index in [4.69, 9.17) is 4.74 Å². The topological polar surface area (TPSA) is 95.3 Å². The van der Waals surface area contributed by atoms with Crippen LogP contribution in [-0.2, 0) is 4.74 Å². The number of nitro groups is 1. The molecule has 0 bridgehead atoms. The molecule has 0 unspecified atom stereocenters. The van der Waals surface area contributed by atoms with Crippen molar-refractivity contribution in [3.63, 3.8) is 0 Å². The molecule has 2 aliphatic rings. The summed E-state index contributed by atoms with van der Waals surface area (Å²) in [7, 11) is 0. The average molecular weight is 469 g/mol. The van der Waals surface area contributed by atoms with E-state index in [9.17, 15) is 14.9 Å². The lowest BCUT2D eigenvalue weighted by Crippen LogP contribution is -2.50. The maximum atomic E-state index is 12.3. The first-order valence-corrected chi connectivity index (χ1v) is 11.6. The minimum Gasteiger partial charge on any atom is -0.444 e. The van der Waals surface area contributed by atoms with Crippen LogP contribution in [0, 0.1) is 10.1 Å². The normalized spacial score (nSPS) is 17.0. The van der Waals surface area contributed by atoms with E-state index in [1.807, 2.05) is 20.8 Å². The summed E-state index contributed by atoms with van der Waals surface area (Å²) in [5, 5.41) is 10.8. The maximum absolute atomic E-state index is 12.3. The fourth-order valence-corrected chi connectivity index (χ4v) is 4.24. The standard InChI is InChI=1S/C24H32N6O4/c1-24(2,3)34-23(31)29-16-14-27(15-17-29)20-6-4-19(5-7-20)26-10-12-28(13-11-26)21-8-9-22(25-18-21)30(32)33/h4-9,18H,10-17H2,1-3H3. The Balaban J connectivity index is 1.27. The van der Waals surface area contributed by atoms with E-state index in [0.29, 0.717) is 13.1 Å². The number of ether oxygens (including phenoxy) is 1. The molecule has 3 heterocycles. The molecule has 4 rings (SSSR count). The molecule has 0 aliphatic carbocycles. The van der Waals surface area contributed by atoms with Crippen LogP contribution in [0.25, 0.3) is 0 Å². The van der Waals surface area contributed by atoms with Crippen LogP contribution in [0.3, 0.4) is 0 Å². The van der Waals surface area contributed by atoms with Gasteiger partial charge in [-0.3, -0.25) is 0 Å². The number of carbonyl (C=O) groups excluding carboxylic acids is 1. The van der Waals surface area contributed by atoms with Gasteiger partial charge in [0.25, 0.3) is 0 Å². The largest absolute Gasteiger partial charge is 0.444 e. The van der Waals surface area contributed by atoms with Gasteiger partial charge in [0.15, 0.2) is 6.20 Å². The first-order chi connectivity index (χ1) is 16.2. The molecule has 2 aliphatic heterocycles. The van der Waals surface area contributed by atoms with Crippen molar-refractivity contribution in [2.45, 2.75) is 26.4 Å². The van der Waals surface area contributed by atoms with Gasteiger partial charge >= 0.3 is 11.9 Å². The van der Waals surface area contributed by atoms with Crippen molar-refractivity contribution in [2.75, 3.05) is 67.1 Å². The van der Waals surface area contributed by atoms with Crippen molar-refractivity contribution in [1.82, 2.24) is 9.88 Å². The lowest BCUT2D eigenvalue weighted by Gasteiger charge is -2.38. The third-order valence-corrected chi connectivity index (χ3v) is 6.08. The van der Waals surface area contributed by atoms with Gasteiger partial charge < -0.3 is 34.5 Å². The molecule has 0 radical (unpaired) electrons. The second-order valence-electron chi connectivity index (χ2n) is 9.58. The van der Waals surface area contributed by atoms with E-state index in [1.165, 1.54) is 11.8 Å². The van der Waals surface area contributed by atoms with Crippen LogP contribution >= 0.6 is 0 Å². The van der Waals surface area contributed by atoms with E-state index in [2.05, 4.69) is 43.9 Å². The molecule has 1 aromatic carbocycles. The Hall–Kier alpha value is -3.56. The van der Waals surface area contributed by atoms with Crippen LogP contribution in [0.1, 0.15) is 20.8 Å². The highest BCUT2D eigenvalue weighted by atomic mass is 16.6. The Morgan fingerprint density at radius 2 is 1.26 bits per heavy atom. The minimum absolute atomic E-state index is 0.131. The van der Waals surface area contributed by atoms with Crippen molar-refractivity contribution in [3.05, 3.63) is 52.7 Å². The molecule has 10 heteroatoms. The molecule has 1 aromatic heterocycles. The molecule has 34 heavy (non-hydrogen) atoms. The highest BCUT2D eigenvalue weighted by molar-refractivity contribution is 5.69. The van der Waals surface area contributed by atoms with Crippen LogP contribution in [0.5, 0.6) is 0 Å². The number of nitrogens with zero attached hydrogens (tertiary/aromatic N) is 6. The first-order valence-electron chi connectivity index (χ1n) is 11.6. The molecular weight excluding hydrogens is 436 g/mol. The zero-order valence-corrected chi connectivity index (χ0v) is 20.0. The van der Waals surface area contributed by atoms with Gasteiger partial charge in [-0.1, -0.05) is 0 Å². The van der Waals surface area contributed by atoms with Crippen molar-refractivity contribution >= 4 is 29.0 Å². The number of anilines is 3. The summed E-state index contributed by atoms with van der Waals surface area (Å²) in [6.07, 6.45) is 1.33. The lowest BCUT2D eigenvalue weighted by molar-refractivity contribution is -0.389. The van der Waals surface area contributed by atoms with Gasteiger partial charge in [-0.25, -0.2) is 4.79 Å². The minimum atomic E-state index is -0.480. The Morgan fingerprint density at radius 3 is 1.68 bits per heavy atom. The Labute approximate surface area is 199 Å². The zero-order chi connectivity index (χ0) is 24.3. The monoisotopic (exact) mass is 468 g/mol. The van der Waals surface area contributed by atoms with E-state index in [0.717, 1.165) is 50.6 Å². The molecule has 2 saturated heterocycles. The summed E-state index contributed by atoms with van der Waals surface area (Å²) < 4.78 is 5.48. The quantitative estimate of drug-likeness (QED) is 0.498. The molecular formula is C24H32N6O4. The van der Waals surface area contributed by atoms with E-state index < -0.39 is 10.5 Å². The van der Waals surface area contributed by atoms with Gasteiger partial charge in [-0.15, -0.1) is 0 Å². The second kappa shape index (κ2) is 9.74. The summed E-state index contributed by atoms with van der Waals surface area (Å²) in [5.41, 5.74) is 2.76. The van der Waals surface area contributed by atoms with Gasteiger partial charge in [0.2, 0.25) is 0 Å². The number of carbonyl (C=O) groups is 1. The average Bonchev–Trinajstić information content (AvgIpc) is 2.83. The van der Waals surface area contributed by atoms with Crippen LogP contribution in [-0.4, -0.2) is 78.9 Å². The number of hydrogen-bond acceptors (Lipinski definition) is 8. The molecule has 0 saturated carbocycles. The summed E-state index contributed by atoms with van der Waals surface area (Å²) >= 11 is 0. The number of amides is 1. The Morgan fingerprint density at radius 1 is 0.824 bits per heavy atom. The van der Waals surface area contributed by atoms with Crippen molar-refractivity contribution in [3.8, 4) is 0 Å². The molecule has 0 atom stereocenters. The van der Waals surface area contributed by atoms with Crippen LogP contribution in [0.2, 0.25) is 0 Å². The number of rotatable bonds is 4. The number of hydrogen-bond donors (Lipinski definition) is 0. The van der Waals surface area contributed by atoms with Crippen LogP contribution < -0.4 is 14.7 Å². The smallest absolute Gasteiger partial charge is 0.410 e. The highest BCUT2D eigenvalue weighted by Gasteiger charge is 2.26. The predicted molar refractivity (Wildman–Crippen MR) is 132 cm³/mol. The maximum Gasteiger partial charge on any atom is 0.410 e. The van der Waals surface area contributed by atoms with E-state index >= 15 is 0 Å². The van der Waals surface area contributed by atoms with Gasteiger partial charge in [0.05, 0.1) is 5.69 Å². The molecule has 2 aromatic rings. The van der Waals surface area contributed by atoms with Crippen molar-refractivity contribution in [1.29, 1.82) is 0 Å². The Kier molecular flexibility index (Phi) is 6.76. The second-order valence-corrected chi connectivity index (χ2v) is 9.58.